The lowest BCUT2D eigenvalue weighted by Gasteiger charge is -2.26. The van der Waals surface area contributed by atoms with E-state index in [9.17, 15) is 4.79 Å². The smallest absolute Gasteiger partial charge is 0.253 e. The summed E-state index contributed by atoms with van der Waals surface area (Å²) in [6.07, 6.45) is 3.49. The van der Waals surface area contributed by atoms with Crippen LogP contribution in [-0.4, -0.2) is 41.4 Å². The summed E-state index contributed by atoms with van der Waals surface area (Å²) in [6, 6.07) is 7.99. The second-order valence-corrected chi connectivity index (χ2v) is 6.89. The van der Waals surface area contributed by atoms with Gasteiger partial charge in [-0.3, -0.25) is 4.79 Å². The first-order valence-electron chi connectivity index (χ1n) is 7.77. The summed E-state index contributed by atoms with van der Waals surface area (Å²) >= 11 is 1.81. The predicted octanol–water partition coefficient (Wildman–Crippen LogP) is 3.17. The van der Waals surface area contributed by atoms with Gasteiger partial charge in [-0.05, 0) is 48.6 Å². The summed E-state index contributed by atoms with van der Waals surface area (Å²) in [6.45, 7) is 4.07. The average Bonchev–Trinajstić information content (AvgIpc) is 2.55. The minimum absolute atomic E-state index is 0.172. The van der Waals surface area contributed by atoms with E-state index in [0.717, 1.165) is 43.0 Å². The maximum Gasteiger partial charge on any atom is 0.253 e. The van der Waals surface area contributed by atoms with Gasteiger partial charge in [0.1, 0.15) is 0 Å². The highest BCUT2D eigenvalue weighted by Gasteiger charge is 2.18. The van der Waals surface area contributed by atoms with Crippen molar-refractivity contribution in [2.45, 2.75) is 31.9 Å². The number of carbonyl (C=O) groups excluding carboxylic acids is 1. The molecule has 1 unspecified atom stereocenters. The molecular weight excluding hydrogens is 282 g/mol. The van der Waals surface area contributed by atoms with Gasteiger partial charge in [-0.15, -0.1) is 0 Å². The van der Waals surface area contributed by atoms with E-state index in [2.05, 4.69) is 6.07 Å². The molecule has 3 nitrogen and oxygen atoms in total. The number of likely N-dealkylation sites (tertiary alicyclic amines) is 1. The van der Waals surface area contributed by atoms with Gasteiger partial charge < -0.3 is 10.0 Å². The number of aliphatic hydroxyl groups excluding tert-OH is 1. The Hall–Kier alpha value is -1.00. The van der Waals surface area contributed by atoms with E-state index in [1.165, 1.54) is 12.0 Å². The first kappa shape index (κ1) is 16.4. The second-order valence-electron chi connectivity index (χ2n) is 5.86. The fourth-order valence-corrected chi connectivity index (χ4v) is 3.55. The molecule has 1 fully saturated rings. The van der Waals surface area contributed by atoms with E-state index in [1.807, 2.05) is 41.8 Å². The molecule has 1 amide bonds. The number of aliphatic hydroxyl groups is 1. The van der Waals surface area contributed by atoms with Gasteiger partial charge in [0.15, 0.2) is 0 Å². The zero-order valence-electron chi connectivity index (χ0n) is 12.8. The van der Waals surface area contributed by atoms with Crippen LogP contribution in [0.4, 0.5) is 0 Å². The molecular formula is C17H25NO2S. The van der Waals surface area contributed by atoms with E-state index < -0.39 is 0 Å². The van der Waals surface area contributed by atoms with E-state index in [0.29, 0.717) is 5.92 Å². The maximum absolute atomic E-state index is 12.5. The van der Waals surface area contributed by atoms with Gasteiger partial charge in [-0.25, -0.2) is 0 Å². The minimum atomic E-state index is 0.172. The second kappa shape index (κ2) is 8.44. The quantitative estimate of drug-likeness (QED) is 0.877. The van der Waals surface area contributed by atoms with E-state index in [-0.39, 0.29) is 12.5 Å². The largest absolute Gasteiger partial charge is 0.396 e. The fourth-order valence-electron chi connectivity index (χ4n) is 2.50. The third-order valence-corrected chi connectivity index (χ3v) is 5.14. The van der Waals surface area contributed by atoms with Crippen LogP contribution in [0.15, 0.2) is 24.3 Å². The van der Waals surface area contributed by atoms with Gasteiger partial charge in [0.2, 0.25) is 0 Å². The standard InChI is InChI=1S/C17H25NO2S/c1-14(11-19)12-21-13-15-6-5-7-16(10-15)17(20)18-8-3-2-4-9-18/h5-7,10,14,19H,2-4,8-9,11-13H2,1H3. The molecule has 1 atom stereocenters. The molecule has 1 aliphatic heterocycles. The number of benzene rings is 1. The van der Waals surface area contributed by atoms with Crippen molar-refractivity contribution >= 4 is 17.7 Å². The number of nitrogens with zero attached hydrogens (tertiary/aromatic N) is 1. The SMILES string of the molecule is CC(CO)CSCc1cccc(C(=O)N2CCCCC2)c1. The molecule has 0 radical (unpaired) electrons. The summed E-state index contributed by atoms with van der Waals surface area (Å²) in [5.74, 6) is 2.34. The minimum Gasteiger partial charge on any atom is -0.396 e. The van der Waals surface area contributed by atoms with E-state index >= 15 is 0 Å². The van der Waals surface area contributed by atoms with Gasteiger partial charge in [-0.2, -0.15) is 11.8 Å². The highest BCUT2D eigenvalue weighted by atomic mass is 32.2. The lowest BCUT2D eigenvalue weighted by atomic mass is 10.1. The molecule has 0 aromatic heterocycles. The topological polar surface area (TPSA) is 40.5 Å². The Labute approximate surface area is 131 Å². The number of hydrogen-bond acceptors (Lipinski definition) is 3. The first-order chi connectivity index (χ1) is 10.2. The number of rotatable bonds is 6. The zero-order valence-corrected chi connectivity index (χ0v) is 13.6. The Balaban J connectivity index is 1.92. The number of piperidine rings is 1. The van der Waals surface area contributed by atoms with Crippen LogP contribution in [0.2, 0.25) is 0 Å². The predicted molar refractivity (Wildman–Crippen MR) is 88.6 cm³/mol. The molecule has 1 aromatic carbocycles. The molecule has 2 rings (SSSR count). The van der Waals surface area contributed by atoms with Crippen LogP contribution in [0.5, 0.6) is 0 Å². The van der Waals surface area contributed by atoms with Crippen molar-refractivity contribution in [1.82, 2.24) is 4.90 Å². The van der Waals surface area contributed by atoms with Gasteiger partial charge in [0.25, 0.3) is 5.91 Å². The Morgan fingerprint density at radius 3 is 2.81 bits per heavy atom. The average molecular weight is 307 g/mol. The lowest BCUT2D eigenvalue weighted by molar-refractivity contribution is 0.0724. The van der Waals surface area contributed by atoms with Crippen molar-refractivity contribution in [1.29, 1.82) is 0 Å². The summed E-state index contributed by atoms with van der Waals surface area (Å²) in [5, 5.41) is 9.03. The van der Waals surface area contributed by atoms with Gasteiger partial charge in [0, 0.05) is 31.0 Å². The van der Waals surface area contributed by atoms with Crippen LogP contribution in [0, 0.1) is 5.92 Å². The van der Waals surface area contributed by atoms with Crippen LogP contribution in [-0.2, 0) is 5.75 Å². The molecule has 21 heavy (non-hydrogen) atoms. The van der Waals surface area contributed by atoms with Crippen molar-refractivity contribution in [3.63, 3.8) is 0 Å². The number of amides is 1. The van der Waals surface area contributed by atoms with Crippen LogP contribution >= 0.6 is 11.8 Å². The van der Waals surface area contributed by atoms with Crippen LogP contribution in [0.3, 0.4) is 0 Å². The van der Waals surface area contributed by atoms with Crippen LogP contribution < -0.4 is 0 Å². The summed E-state index contributed by atoms with van der Waals surface area (Å²) < 4.78 is 0. The molecule has 1 aromatic rings. The van der Waals surface area contributed by atoms with Crippen molar-refractivity contribution in [3.8, 4) is 0 Å². The number of thioether (sulfide) groups is 1. The molecule has 0 aliphatic carbocycles. The molecule has 1 N–H and O–H groups in total. The van der Waals surface area contributed by atoms with Crippen molar-refractivity contribution in [2.24, 2.45) is 5.92 Å². The van der Waals surface area contributed by atoms with Gasteiger partial charge >= 0.3 is 0 Å². The summed E-state index contributed by atoms with van der Waals surface area (Å²) in [7, 11) is 0. The van der Waals surface area contributed by atoms with E-state index in [1.54, 1.807) is 0 Å². The van der Waals surface area contributed by atoms with Crippen molar-refractivity contribution in [2.75, 3.05) is 25.4 Å². The molecule has 116 valence electrons. The molecule has 1 heterocycles. The molecule has 0 spiro atoms. The van der Waals surface area contributed by atoms with Gasteiger partial charge in [0.05, 0.1) is 0 Å². The Bertz CT molecular complexity index is 458. The molecule has 0 saturated carbocycles. The van der Waals surface area contributed by atoms with Crippen LogP contribution in [0.1, 0.15) is 42.1 Å². The van der Waals surface area contributed by atoms with Crippen LogP contribution in [0.25, 0.3) is 0 Å². The van der Waals surface area contributed by atoms with Crippen molar-refractivity contribution in [3.05, 3.63) is 35.4 Å². The first-order valence-corrected chi connectivity index (χ1v) is 8.93. The maximum atomic E-state index is 12.5. The highest BCUT2D eigenvalue weighted by Crippen LogP contribution is 2.18. The normalized spacial score (nSPS) is 16.8. The van der Waals surface area contributed by atoms with Crippen molar-refractivity contribution < 1.29 is 9.90 Å². The Kier molecular flexibility index (Phi) is 6.58. The number of carbonyl (C=O) groups is 1. The summed E-state index contributed by atoms with van der Waals surface area (Å²) in [5.41, 5.74) is 2.00. The Morgan fingerprint density at radius 1 is 1.33 bits per heavy atom. The van der Waals surface area contributed by atoms with Gasteiger partial charge in [-0.1, -0.05) is 19.1 Å². The Morgan fingerprint density at radius 2 is 2.10 bits per heavy atom. The third kappa shape index (κ3) is 5.04. The highest BCUT2D eigenvalue weighted by molar-refractivity contribution is 7.98. The lowest BCUT2D eigenvalue weighted by Crippen LogP contribution is -2.35. The molecule has 0 bridgehead atoms. The zero-order chi connectivity index (χ0) is 15.1. The molecule has 4 heteroatoms. The number of hydrogen-bond donors (Lipinski definition) is 1. The fraction of sp³-hybridized carbons (Fsp3) is 0.588. The third-order valence-electron chi connectivity index (χ3n) is 3.80. The molecule has 1 aliphatic rings. The molecule has 1 saturated heterocycles. The summed E-state index contributed by atoms with van der Waals surface area (Å²) in [4.78, 5) is 14.4. The van der Waals surface area contributed by atoms with E-state index in [4.69, 9.17) is 5.11 Å². The monoisotopic (exact) mass is 307 g/mol.